The van der Waals surface area contributed by atoms with Crippen LogP contribution in [0.15, 0.2) is 0 Å². The first-order valence-corrected chi connectivity index (χ1v) is 21.3. The normalized spacial score (nSPS) is 25.1. The quantitative estimate of drug-likeness (QED) is 0.0399. The van der Waals surface area contributed by atoms with Crippen LogP contribution in [0.4, 0.5) is 13.2 Å². The minimum absolute atomic E-state index is 0.200. The van der Waals surface area contributed by atoms with E-state index >= 15 is 0 Å². The summed E-state index contributed by atoms with van der Waals surface area (Å²) in [5.41, 5.74) is 0. The summed E-state index contributed by atoms with van der Waals surface area (Å²) >= 11 is 0. The number of rotatable bonds is 32. The van der Waals surface area contributed by atoms with Gasteiger partial charge in [0.1, 0.15) is 30.5 Å². The van der Waals surface area contributed by atoms with Crippen molar-refractivity contribution in [3.8, 4) is 0 Å². The third kappa shape index (κ3) is 20.4. The number of unbranched alkanes of at least 4 members (excludes halogenated alkanes) is 18. The van der Waals surface area contributed by atoms with Crippen LogP contribution in [0.1, 0.15) is 161 Å². The zero-order chi connectivity index (χ0) is 38.9. The average molecular weight is 771 g/mol. The molecule has 0 aliphatic carbocycles. The second-order valence-electron chi connectivity index (χ2n) is 15.8. The molecule has 10 nitrogen and oxygen atoms in total. The smallest absolute Gasteiger partial charge is 0.394 e. The molecule has 13 heteroatoms. The number of aliphatic hydroxyl groups is 6. The molecule has 0 bridgehead atoms. The summed E-state index contributed by atoms with van der Waals surface area (Å²) in [5, 5.41) is 64.7. The lowest BCUT2D eigenvalue weighted by Gasteiger charge is -2.40. The van der Waals surface area contributed by atoms with Crippen LogP contribution in [0.25, 0.3) is 0 Å². The highest BCUT2D eigenvalue weighted by Crippen LogP contribution is 2.27. The van der Waals surface area contributed by atoms with Gasteiger partial charge in [-0.1, -0.05) is 129 Å². The number of likely N-dealkylation sites (tertiary alicyclic amines) is 1. The minimum atomic E-state index is -4.63. The van der Waals surface area contributed by atoms with Gasteiger partial charge < -0.3 is 45.0 Å². The van der Waals surface area contributed by atoms with Crippen molar-refractivity contribution in [1.29, 1.82) is 0 Å². The van der Waals surface area contributed by atoms with Crippen LogP contribution >= 0.6 is 0 Å². The summed E-state index contributed by atoms with van der Waals surface area (Å²) in [6, 6.07) is -3.35. The minimum Gasteiger partial charge on any atom is -0.394 e. The summed E-state index contributed by atoms with van der Waals surface area (Å²) in [6.07, 6.45) is 7.97. The second-order valence-corrected chi connectivity index (χ2v) is 15.8. The fourth-order valence-electron chi connectivity index (χ4n) is 7.63. The predicted molar refractivity (Wildman–Crippen MR) is 201 cm³/mol. The molecule has 7 N–H and O–H groups in total. The molecule has 0 aromatic rings. The van der Waals surface area contributed by atoms with E-state index in [0.29, 0.717) is 19.3 Å². The first kappa shape index (κ1) is 48.5. The average Bonchev–Trinajstić information content (AvgIpc) is 3.66. The van der Waals surface area contributed by atoms with Crippen LogP contribution in [-0.4, -0.2) is 130 Å². The first-order valence-electron chi connectivity index (χ1n) is 21.3. The van der Waals surface area contributed by atoms with E-state index in [1.54, 1.807) is 0 Å². The molecule has 2 aliphatic heterocycles. The molecule has 53 heavy (non-hydrogen) atoms. The highest BCUT2D eigenvalue weighted by atomic mass is 19.4. The number of nitrogens with zero attached hydrogens (tertiary/aromatic N) is 1. The molecule has 2 fully saturated rings. The molecule has 0 aromatic carbocycles. The van der Waals surface area contributed by atoms with Gasteiger partial charge >= 0.3 is 6.18 Å². The topological polar surface area (TPSA) is 155 Å². The Hall–Kier alpha value is -0.610. The van der Waals surface area contributed by atoms with Gasteiger partial charge in [-0.25, -0.2) is 0 Å². The largest absolute Gasteiger partial charge is 0.403 e. The van der Waals surface area contributed by atoms with Gasteiger partial charge in [-0.2, -0.15) is 13.2 Å². The van der Waals surface area contributed by atoms with Crippen LogP contribution in [0.5, 0.6) is 0 Å². The van der Waals surface area contributed by atoms with Crippen molar-refractivity contribution in [2.24, 2.45) is 0 Å². The van der Waals surface area contributed by atoms with Gasteiger partial charge in [0.25, 0.3) is 0 Å². The summed E-state index contributed by atoms with van der Waals surface area (Å²) in [6.45, 7) is 4.50. The molecular weight excluding hydrogens is 693 g/mol. The predicted octanol–water partition coefficient (Wildman–Crippen LogP) is 6.11. The number of aliphatic hydroxyl groups excluding tert-OH is 6. The standard InChI is InChI=1S/C40H77F3N2O8/c1-2-3-4-5-6-7-8-9-10-13-16-19-24-32(47)35(48)31(30-52-39-38(51)37(50)36(49)33(29-46)53-39)44-34(40(41,42)43)25-20-17-14-11-12-15-18-21-26-45-27-22-23-28-45/h31-39,44,46-51H,2-30H2,1H3/t31-,32+,33?,34-,35-,36?,37?,38?,39?/m0/s1. The molecule has 2 aliphatic rings. The molecular formula is C40H77F3N2O8. The Kier molecular flexibility index (Phi) is 26.3. The second kappa shape index (κ2) is 28.7. The number of nitrogens with one attached hydrogen (secondary N) is 1. The fraction of sp³-hybridized carbons (Fsp3) is 1.00. The number of hydrogen-bond donors (Lipinski definition) is 7. The zero-order valence-corrected chi connectivity index (χ0v) is 32.8. The SMILES string of the molecule is CCCCCCCCCCCCCC[C@@H](O)[C@@H](O)[C@H](COC1OC(CO)C(O)C(O)C1O)N[C@@H](CCCCCCCCCCN1CCCC1)C(F)(F)F. The number of halogens is 3. The summed E-state index contributed by atoms with van der Waals surface area (Å²) in [4.78, 5) is 2.51. The summed E-state index contributed by atoms with van der Waals surface area (Å²) in [7, 11) is 0. The van der Waals surface area contributed by atoms with Crippen molar-refractivity contribution >= 4 is 0 Å². The number of ether oxygens (including phenoxy) is 2. The lowest BCUT2D eigenvalue weighted by atomic mass is 9.97. The Morgan fingerprint density at radius 2 is 1.19 bits per heavy atom. The van der Waals surface area contributed by atoms with E-state index in [1.165, 1.54) is 83.7 Å². The van der Waals surface area contributed by atoms with Crippen molar-refractivity contribution in [2.75, 3.05) is 32.8 Å². The summed E-state index contributed by atoms with van der Waals surface area (Å²) < 4.78 is 53.9. The van der Waals surface area contributed by atoms with Gasteiger partial charge in [-0.05, 0) is 51.7 Å². The van der Waals surface area contributed by atoms with Crippen LogP contribution in [0, 0.1) is 0 Å². The number of alkyl halides is 3. The Bertz CT molecular complexity index is 870. The van der Waals surface area contributed by atoms with E-state index < -0.39 is 74.4 Å². The van der Waals surface area contributed by atoms with Crippen molar-refractivity contribution in [1.82, 2.24) is 10.2 Å². The maximum atomic E-state index is 14.3. The molecule has 0 spiro atoms. The van der Waals surface area contributed by atoms with E-state index in [4.69, 9.17) is 9.47 Å². The molecule has 2 heterocycles. The van der Waals surface area contributed by atoms with Gasteiger partial charge in [-0.15, -0.1) is 0 Å². The number of hydrogen-bond acceptors (Lipinski definition) is 10. The molecule has 316 valence electrons. The third-order valence-electron chi connectivity index (χ3n) is 11.2. The van der Waals surface area contributed by atoms with Crippen LogP contribution in [0.3, 0.4) is 0 Å². The Morgan fingerprint density at radius 1 is 0.698 bits per heavy atom. The monoisotopic (exact) mass is 771 g/mol. The van der Waals surface area contributed by atoms with Crippen LogP contribution < -0.4 is 5.32 Å². The zero-order valence-electron chi connectivity index (χ0n) is 32.8. The molecule has 9 atom stereocenters. The van der Waals surface area contributed by atoms with Crippen molar-refractivity contribution in [3.63, 3.8) is 0 Å². The van der Waals surface area contributed by atoms with Crippen molar-refractivity contribution in [2.45, 2.75) is 222 Å². The maximum absolute atomic E-state index is 14.3. The molecule has 0 amide bonds. The highest BCUT2D eigenvalue weighted by Gasteiger charge is 2.46. The first-order chi connectivity index (χ1) is 25.5. The lowest BCUT2D eigenvalue weighted by Crippen LogP contribution is -2.61. The van der Waals surface area contributed by atoms with E-state index in [2.05, 4.69) is 17.1 Å². The Labute approximate surface area is 318 Å². The molecule has 5 unspecified atom stereocenters. The van der Waals surface area contributed by atoms with Crippen LogP contribution in [0.2, 0.25) is 0 Å². The lowest BCUT2D eigenvalue weighted by molar-refractivity contribution is -0.303. The van der Waals surface area contributed by atoms with E-state index in [-0.39, 0.29) is 12.8 Å². The van der Waals surface area contributed by atoms with Gasteiger partial charge in [0, 0.05) is 0 Å². The van der Waals surface area contributed by atoms with Gasteiger partial charge in [0.2, 0.25) is 0 Å². The Morgan fingerprint density at radius 3 is 1.70 bits per heavy atom. The Balaban J connectivity index is 1.84. The van der Waals surface area contributed by atoms with Crippen LogP contribution in [-0.2, 0) is 9.47 Å². The molecule has 2 saturated heterocycles. The molecule has 0 radical (unpaired) electrons. The van der Waals surface area contributed by atoms with Crippen molar-refractivity contribution < 1.29 is 53.3 Å². The van der Waals surface area contributed by atoms with Gasteiger partial charge in [-0.3, -0.25) is 5.32 Å². The molecule has 2 rings (SSSR count). The maximum Gasteiger partial charge on any atom is 0.403 e. The van der Waals surface area contributed by atoms with E-state index in [1.807, 2.05) is 0 Å². The fourth-order valence-corrected chi connectivity index (χ4v) is 7.63. The molecule has 0 aromatic heterocycles. The van der Waals surface area contributed by atoms with E-state index in [9.17, 15) is 43.8 Å². The third-order valence-corrected chi connectivity index (χ3v) is 11.2. The van der Waals surface area contributed by atoms with Gasteiger partial charge in [0.05, 0.1) is 31.5 Å². The molecule has 0 saturated carbocycles. The summed E-state index contributed by atoms with van der Waals surface area (Å²) in [5.74, 6) is 0. The van der Waals surface area contributed by atoms with Crippen molar-refractivity contribution in [3.05, 3.63) is 0 Å². The highest BCUT2D eigenvalue weighted by molar-refractivity contribution is 4.91. The van der Waals surface area contributed by atoms with E-state index in [0.717, 1.165) is 57.9 Å². The van der Waals surface area contributed by atoms with Gasteiger partial charge in [0.15, 0.2) is 6.29 Å².